The molecular formula is C9H16O8S. The third-order valence-corrected chi connectivity index (χ3v) is 2.14. The zero-order valence-corrected chi connectivity index (χ0v) is 10.9. The molecule has 0 aromatic heterocycles. The van der Waals surface area contributed by atoms with E-state index in [2.05, 4.69) is 4.18 Å². The number of hydrogen-bond acceptors (Lipinski definition) is 7. The molecule has 0 bridgehead atoms. The zero-order chi connectivity index (χ0) is 14.2. The highest BCUT2D eigenvalue weighted by atomic mass is 32.3. The van der Waals surface area contributed by atoms with Crippen molar-refractivity contribution < 1.29 is 36.2 Å². The van der Waals surface area contributed by atoms with Crippen molar-refractivity contribution in [2.75, 3.05) is 13.2 Å². The molecule has 0 radical (unpaired) electrons. The van der Waals surface area contributed by atoms with Gasteiger partial charge >= 0.3 is 22.3 Å². The summed E-state index contributed by atoms with van der Waals surface area (Å²) < 4.78 is 42.7. The minimum Gasteiger partial charge on any atom is -0.462 e. The van der Waals surface area contributed by atoms with E-state index in [-0.39, 0.29) is 19.4 Å². The predicted octanol–water partition coefficient (Wildman–Crippen LogP) is 0.0808. The van der Waals surface area contributed by atoms with E-state index in [0.717, 1.165) is 0 Å². The first-order valence-electron chi connectivity index (χ1n) is 5.25. The lowest BCUT2D eigenvalue weighted by molar-refractivity contribution is -0.160. The molecule has 0 heterocycles. The van der Waals surface area contributed by atoms with Crippen LogP contribution in [0.3, 0.4) is 0 Å². The molecule has 1 N–H and O–H groups in total. The molecule has 106 valence electrons. The van der Waals surface area contributed by atoms with Gasteiger partial charge in [0.1, 0.15) is 13.2 Å². The van der Waals surface area contributed by atoms with Gasteiger partial charge in [0.15, 0.2) is 6.10 Å². The van der Waals surface area contributed by atoms with E-state index in [4.69, 9.17) is 14.0 Å². The van der Waals surface area contributed by atoms with Gasteiger partial charge in [0, 0.05) is 12.8 Å². The largest absolute Gasteiger partial charge is 0.462 e. The van der Waals surface area contributed by atoms with E-state index in [9.17, 15) is 18.0 Å². The molecule has 1 atom stereocenters. The number of hydrogen-bond donors (Lipinski definition) is 1. The van der Waals surface area contributed by atoms with E-state index in [0.29, 0.717) is 0 Å². The maximum atomic E-state index is 11.0. The van der Waals surface area contributed by atoms with E-state index < -0.39 is 35.0 Å². The number of esters is 2. The molecule has 9 heteroatoms. The Hall–Kier alpha value is -1.19. The predicted molar refractivity (Wildman–Crippen MR) is 58.9 cm³/mol. The number of ether oxygens (including phenoxy) is 2. The van der Waals surface area contributed by atoms with Gasteiger partial charge in [-0.2, -0.15) is 8.42 Å². The van der Waals surface area contributed by atoms with Gasteiger partial charge in [0.2, 0.25) is 0 Å². The third kappa shape index (κ3) is 8.90. The summed E-state index contributed by atoms with van der Waals surface area (Å²) in [5, 5.41) is 0. The van der Waals surface area contributed by atoms with Crippen LogP contribution in [0, 0.1) is 0 Å². The van der Waals surface area contributed by atoms with E-state index in [1.807, 2.05) is 0 Å². The van der Waals surface area contributed by atoms with Crippen LogP contribution in [0.2, 0.25) is 0 Å². The van der Waals surface area contributed by atoms with Crippen molar-refractivity contribution in [3.63, 3.8) is 0 Å². The summed E-state index contributed by atoms with van der Waals surface area (Å²) in [5.41, 5.74) is 0. The smallest absolute Gasteiger partial charge is 0.397 e. The topological polar surface area (TPSA) is 116 Å². The Morgan fingerprint density at radius 2 is 1.67 bits per heavy atom. The van der Waals surface area contributed by atoms with Gasteiger partial charge in [-0.15, -0.1) is 0 Å². The Kier molecular flexibility index (Phi) is 7.48. The summed E-state index contributed by atoms with van der Waals surface area (Å²) in [7, 11) is -4.64. The first-order valence-corrected chi connectivity index (χ1v) is 6.62. The lowest BCUT2D eigenvalue weighted by Crippen LogP contribution is -2.30. The molecule has 0 saturated carbocycles. The fraction of sp³-hybridized carbons (Fsp3) is 0.778. The number of rotatable bonds is 8. The Labute approximate surface area is 105 Å². The van der Waals surface area contributed by atoms with Gasteiger partial charge in [-0.25, -0.2) is 4.18 Å². The van der Waals surface area contributed by atoms with Crippen molar-refractivity contribution in [2.45, 2.75) is 32.8 Å². The standard InChI is InChI=1S/C9H16O8S/c1-3-8(10)15-5-7(17-9(11)4-2)6-16-18(12,13)14/h7H,3-6H2,1-2H3,(H,12,13,14). The van der Waals surface area contributed by atoms with Gasteiger partial charge in [-0.3, -0.25) is 14.1 Å². The van der Waals surface area contributed by atoms with Gasteiger partial charge in [-0.05, 0) is 0 Å². The first-order chi connectivity index (χ1) is 8.28. The normalized spacial score (nSPS) is 12.8. The summed E-state index contributed by atoms with van der Waals surface area (Å²) in [6.45, 7) is 2.15. The van der Waals surface area contributed by atoms with Crippen LogP contribution in [-0.2, 0) is 33.6 Å². The number of carbonyl (C=O) groups excluding carboxylic acids is 2. The molecule has 0 rings (SSSR count). The molecule has 0 saturated heterocycles. The highest BCUT2D eigenvalue weighted by molar-refractivity contribution is 7.80. The van der Waals surface area contributed by atoms with Crippen LogP contribution < -0.4 is 0 Å². The summed E-state index contributed by atoms with van der Waals surface area (Å²) >= 11 is 0. The SMILES string of the molecule is CCC(=O)OCC(COS(=O)(=O)O)OC(=O)CC. The van der Waals surface area contributed by atoms with Crippen LogP contribution in [-0.4, -0.2) is 44.2 Å². The monoisotopic (exact) mass is 284 g/mol. The van der Waals surface area contributed by atoms with Crippen molar-refractivity contribution in [1.82, 2.24) is 0 Å². The van der Waals surface area contributed by atoms with Crippen LogP contribution in [0.5, 0.6) is 0 Å². The van der Waals surface area contributed by atoms with Crippen LogP contribution in [0.25, 0.3) is 0 Å². The van der Waals surface area contributed by atoms with Crippen molar-refractivity contribution in [2.24, 2.45) is 0 Å². The quantitative estimate of drug-likeness (QED) is 0.492. The number of carbonyl (C=O) groups is 2. The molecule has 0 aromatic rings. The summed E-state index contributed by atoms with van der Waals surface area (Å²) in [6.07, 6.45) is -0.882. The minimum atomic E-state index is -4.64. The summed E-state index contributed by atoms with van der Waals surface area (Å²) in [4.78, 5) is 21.9. The van der Waals surface area contributed by atoms with E-state index >= 15 is 0 Å². The molecule has 0 aliphatic rings. The Morgan fingerprint density at radius 3 is 2.11 bits per heavy atom. The summed E-state index contributed by atoms with van der Waals surface area (Å²) in [5.74, 6) is -1.13. The van der Waals surface area contributed by atoms with Crippen molar-refractivity contribution >= 4 is 22.3 Å². The molecule has 0 aliphatic carbocycles. The molecule has 1 unspecified atom stereocenters. The molecule has 0 spiro atoms. The highest BCUT2D eigenvalue weighted by Crippen LogP contribution is 2.01. The second-order valence-electron chi connectivity index (χ2n) is 3.21. The van der Waals surface area contributed by atoms with E-state index in [1.165, 1.54) is 0 Å². The Bertz CT molecular complexity index is 374. The van der Waals surface area contributed by atoms with Crippen LogP contribution in [0.1, 0.15) is 26.7 Å². The molecule has 0 aliphatic heterocycles. The van der Waals surface area contributed by atoms with Crippen molar-refractivity contribution in [1.29, 1.82) is 0 Å². The average molecular weight is 284 g/mol. The molecule has 0 aromatic carbocycles. The molecule has 8 nitrogen and oxygen atoms in total. The third-order valence-electron chi connectivity index (χ3n) is 1.71. The van der Waals surface area contributed by atoms with Crippen molar-refractivity contribution in [3.05, 3.63) is 0 Å². The van der Waals surface area contributed by atoms with Gasteiger partial charge in [-0.1, -0.05) is 13.8 Å². The maximum absolute atomic E-state index is 11.0. The van der Waals surface area contributed by atoms with Gasteiger partial charge in [0.05, 0.1) is 0 Å². The lowest BCUT2D eigenvalue weighted by Gasteiger charge is -2.16. The lowest BCUT2D eigenvalue weighted by atomic mass is 10.4. The van der Waals surface area contributed by atoms with Crippen LogP contribution >= 0.6 is 0 Å². The van der Waals surface area contributed by atoms with Crippen molar-refractivity contribution in [3.8, 4) is 0 Å². The molecule has 18 heavy (non-hydrogen) atoms. The second kappa shape index (κ2) is 8.01. The van der Waals surface area contributed by atoms with E-state index in [1.54, 1.807) is 13.8 Å². The minimum absolute atomic E-state index is 0.0735. The summed E-state index contributed by atoms with van der Waals surface area (Å²) in [6, 6.07) is 0. The first kappa shape index (κ1) is 16.8. The Morgan fingerprint density at radius 1 is 1.11 bits per heavy atom. The fourth-order valence-electron chi connectivity index (χ4n) is 0.835. The average Bonchev–Trinajstić information content (AvgIpc) is 2.30. The van der Waals surface area contributed by atoms with Gasteiger partial charge < -0.3 is 9.47 Å². The highest BCUT2D eigenvalue weighted by Gasteiger charge is 2.19. The Balaban J connectivity index is 4.33. The molecule has 0 amide bonds. The maximum Gasteiger partial charge on any atom is 0.397 e. The van der Waals surface area contributed by atoms with Crippen LogP contribution in [0.15, 0.2) is 0 Å². The second-order valence-corrected chi connectivity index (χ2v) is 4.31. The molecular weight excluding hydrogens is 268 g/mol. The molecule has 0 fully saturated rings. The fourth-order valence-corrected chi connectivity index (χ4v) is 1.16. The van der Waals surface area contributed by atoms with Crippen LogP contribution in [0.4, 0.5) is 0 Å². The van der Waals surface area contributed by atoms with Gasteiger partial charge in [0.25, 0.3) is 0 Å². The zero-order valence-electron chi connectivity index (χ0n) is 10.1.